The van der Waals surface area contributed by atoms with E-state index in [-0.39, 0.29) is 37.4 Å². The number of nitrogens with zero attached hydrogens (tertiary/aromatic N) is 3. The molecule has 4 aliphatic rings. The molecule has 0 aliphatic carbocycles. The highest BCUT2D eigenvalue weighted by atomic mass is 35.5. The van der Waals surface area contributed by atoms with Crippen molar-refractivity contribution in [2.24, 2.45) is 11.8 Å². The van der Waals surface area contributed by atoms with E-state index >= 15 is 0 Å². The number of aryl methyl sites for hydroxylation is 1. The molecule has 10 heteroatoms. The topological polar surface area (TPSA) is 99.6 Å². The van der Waals surface area contributed by atoms with E-state index in [9.17, 15) is 19.5 Å². The Balaban J connectivity index is 1.41. The fourth-order valence-electron chi connectivity index (χ4n) is 7.06. The molecule has 43 heavy (non-hydrogen) atoms. The number of carbonyl (C=O) groups excluding carboxylic acids is 3. The van der Waals surface area contributed by atoms with Gasteiger partial charge in [0.2, 0.25) is 11.8 Å². The van der Waals surface area contributed by atoms with E-state index < -0.39 is 29.6 Å². The van der Waals surface area contributed by atoms with Crippen LogP contribution in [-0.4, -0.2) is 78.3 Å². The van der Waals surface area contributed by atoms with Gasteiger partial charge < -0.3 is 29.3 Å². The molecule has 5 atom stereocenters. The van der Waals surface area contributed by atoms with Gasteiger partial charge in [0.25, 0.3) is 5.91 Å². The molecular weight excluding hydrogens is 570 g/mol. The normalized spacial score (nSPS) is 28.1. The first-order chi connectivity index (χ1) is 20.8. The summed E-state index contributed by atoms with van der Waals surface area (Å²) in [5, 5.41) is 9.89. The van der Waals surface area contributed by atoms with Crippen molar-refractivity contribution in [3.8, 4) is 5.75 Å². The Morgan fingerprint density at radius 3 is 2.49 bits per heavy atom. The van der Waals surface area contributed by atoms with Gasteiger partial charge in [0.05, 0.1) is 35.3 Å². The molecule has 226 valence electrons. The zero-order valence-corrected chi connectivity index (χ0v) is 25.1. The average Bonchev–Trinajstić information content (AvgIpc) is 3.30. The van der Waals surface area contributed by atoms with Crippen molar-refractivity contribution in [1.29, 1.82) is 0 Å². The number of anilines is 2. The Labute approximate surface area is 256 Å². The van der Waals surface area contributed by atoms with Crippen LogP contribution in [0.1, 0.15) is 25.3 Å². The predicted octanol–water partition coefficient (Wildman–Crippen LogP) is 3.91. The van der Waals surface area contributed by atoms with Crippen molar-refractivity contribution in [1.82, 2.24) is 4.90 Å². The van der Waals surface area contributed by atoms with Crippen LogP contribution in [0, 0.1) is 18.8 Å². The molecule has 2 aromatic carbocycles. The molecule has 1 spiro atoms. The number of amides is 3. The van der Waals surface area contributed by atoms with Crippen LogP contribution in [0.4, 0.5) is 11.4 Å². The van der Waals surface area contributed by atoms with Crippen molar-refractivity contribution in [3.05, 3.63) is 77.4 Å². The van der Waals surface area contributed by atoms with Crippen molar-refractivity contribution < 1.29 is 29.0 Å². The third-order valence-electron chi connectivity index (χ3n) is 8.88. The summed E-state index contributed by atoms with van der Waals surface area (Å²) in [6, 6.07) is 11.8. The van der Waals surface area contributed by atoms with Gasteiger partial charge >= 0.3 is 0 Å². The Hall–Kier alpha value is -3.66. The van der Waals surface area contributed by atoms with Gasteiger partial charge in [-0.05, 0) is 62.6 Å². The third kappa shape index (κ3) is 4.83. The van der Waals surface area contributed by atoms with Gasteiger partial charge in [-0.2, -0.15) is 0 Å². The molecule has 0 radical (unpaired) electrons. The first-order valence-electron chi connectivity index (χ1n) is 14.9. The van der Waals surface area contributed by atoms with Crippen molar-refractivity contribution >= 4 is 40.7 Å². The van der Waals surface area contributed by atoms with E-state index in [1.54, 1.807) is 20.8 Å². The number of aliphatic hydroxyl groups is 1. The molecule has 1 unspecified atom stereocenters. The summed E-state index contributed by atoms with van der Waals surface area (Å²) in [6.07, 6.45) is 7.72. The number of ether oxygens (including phenoxy) is 2. The molecule has 9 nitrogen and oxygen atoms in total. The number of fused-ring (bicyclic) bond motifs is 2. The monoisotopic (exact) mass is 605 g/mol. The second-order valence-electron chi connectivity index (χ2n) is 11.4. The Kier molecular flexibility index (Phi) is 8.06. The molecule has 0 aromatic heterocycles. The van der Waals surface area contributed by atoms with Crippen LogP contribution in [0.15, 0.2) is 66.8 Å². The molecule has 0 bridgehead atoms. The van der Waals surface area contributed by atoms with Crippen LogP contribution in [0.2, 0.25) is 5.02 Å². The van der Waals surface area contributed by atoms with E-state index in [2.05, 4.69) is 0 Å². The van der Waals surface area contributed by atoms with E-state index in [0.717, 1.165) is 5.56 Å². The maximum absolute atomic E-state index is 14.6. The van der Waals surface area contributed by atoms with Gasteiger partial charge in [-0.15, -0.1) is 0 Å². The lowest BCUT2D eigenvalue weighted by molar-refractivity contribution is -0.140. The highest BCUT2D eigenvalue weighted by Gasteiger charge is 2.71. The third-order valence-corrected chi connectivity index (χ3v) is 9.19. The minimum Gasteiger partial charge on any atom is -0.494 e. The van der Waals surface area contributed by atoms with Crippen LogP contribution in [0.3, 0.4) is 0 Å². The molecule has 2 saturated heterocycles. The summed E-state index contributed by atoms with van der Waals surface area (Å²) < 4.78 is 12.3. The first kappa shape index (κ1) is 29.4. The lowest BCUT2D eigenvalue weighted by Gasteiger charge is -2.36. The fourth-order valence-corrected chi connectivity index (χ4v) is 7.38. The second-order valence-corrected chi connectivity index (χ2v) is 11.8. The van der Waals surface area contributed by atoms with Gasteiger partial charge in [0.1, 0.15) is 17.4 Å². The molecule has 6 rings (SSSR count). The Morgan fingerprint density at radius 1 is 1.00 bits per heavy atom. The van der Waals surface area contributed by atoms with E-state index in [1.807, 2.05) is 74.5 Å². The zero-order valence-electron chi connectivity index (χ0n) is 24.3. The number of carbonyl (C=O) groups is 3. The van der Waals surface area contributed by atoms with Crippen LogP contribution in [0.25, 0.3) is 0 Å². The molecule has 4 aliphatic heterocycles. The minimum atomic E-state index is -1.34. The van der Waals surface area contributed by atoms with Gasteiger partial charge in [-0.3, -0.25) is 14.4 Å². The van der Waals surface area contributed by atoms with E-state index in [1.165, 1.54) is 0 Å². The van der Waals surface area contributed by atoms with Crippen LogP contribution in [0.5, 0.6) is 5.75 Å². The average molecular weight is 606 g/mol. The van der Waals surface area contributed by atoms with Gasteiger partial charge in [-0.1, -0.05) is 48.0 Å². The number of likely N-dealkylation sites (tertiary alicyclic amines) is 1. The molecule has 2 fully saturated rings. The first-order valence-corrected chi connectivity index (χ1v) is 15.2. The van der Waals surface area contributed by atoms with Crippen LogP contribution < -0.4 is 14.5 Å². The van der Waals surface area contributed by atoms with E-state index in [4.69, 9.17) is 21.1 Å². The number of halogens is 1. The number of aliphatic hydroxyl groups excluding tert-OH is 1. The molecule has 4 heterocycles. The summed E-state index contributed by atoms with van der Waals surface area (Å²) in [6.45, 7) is 5.14. The van der Waals surface area contributed by atoms with Gasteiger partial charge in [0, 0.05) is 31.9 Å². The predicted molar refractivity (Wildman–Crippen MR) is 163 cm³/mol. The van der Waals surface area contributed by atoms with Gasteiger partial charge in [-0.25, -0.2) is 0 Å². The summed E-state index contributed by atoms with van der Waals surface area (Å²) >= 11 is 6.61. The lowest BCUT2D eigenvalue weighted by atomic mass is 9.77. The number of unbranched alkanes of at least 4 members (excludes halogenated alkanes) is 1. The molecule has 1 N–H and O–H groups in total. The van der Waals surface area contributed by atoms with Crippen molar-refractivity contribution in [2.75, 3.05) is 42.6 Å². The number of rotatable bonds is 8. The number of benzene rings is 2. The molecule has 0 saturated carbocycles. The smallest absolute Gasteiger partial charge is 0.253 e. The maximum atomic E-state index is 14.6. The van der Waals surface area contributed by atoms with Crippen LogP contribution in [-0.2, 0) is 19.1 Å². The number of hydrogen-bond donors (Lipinski definition) is 1. The summed E-state index contributed by atoms with van der Waals surface area (Å²) in [5.41, 5.74) is 0.773. The number of para-hydroxylation sites is 1. The highest BCUT2D eigenvalue weighted by Crippen LogP contribution is 2.54. The van der Waals surface area contributed by atoms with Crippen molar-refractivity contribution in [3.63, 3.8) is 0 Å². The summed E-state index contributed by atoms with van der Waals surface area (Å²) in [5.74, 6) is -1.84. The quantitative estimate of drug-likeness (QED) is 0.362. The SMILES string of the molecule is CCOc1ccc(N2CC=C[C@H]3O[C@]45C=CCN(c6c(C)cccc6Cl)C(=O)C4N(CCCCO)C(=O)[C@@H]5[C@H]3C2=O)cc1. The largest absolute Gasteiger partial charge is 0.494 e. The van der Waals surface area contributed by atoms with Crippen LogP contribution >= 0.6 is 11.6 Å². The zero-order chi connectivity index (χ0) is 30.3. The summed E-state index contributed by atoms with van der Waals surface area (Å²) in [7, 11) is 0. The highest BCUT2D eigenvalue weighted by molar-refractivity contribution is 6.34. The molecule has 2 aromatic rings. The van der Waals surface area contributed by atoms with E-state index in [0.29, 0.717) is 48.1 Å². The number of hydrogen-bond acceptors (Lipinski definition) is 6. The second kappa shape index (κ2) is 11.8. The maximum Gasteiger partial charge on any atom is 0.253 e. The Bertz CT molecular complexity index is 1460. The van der Waals surface area contributed by atoms with Gasteiger partial charge in [0.15, 0.2) is 0 Å². The standard InChI is InChI=1S/C33H36ClN3O6/c1-3-42-23-14-12-22(13-15-23)35-18-7-11-25-26(30(35)39)27-31(40)37(17-4-5-20-38)29-32(41)36(19-8-16-33(27,29)43-25)28-21(2)9-6-10-24(28)34/h6-16,25-27,29,38H,3-5,17-20H2,1-2H3/t25-,26+,27+,29?,33+/m1/s1. The summed E-state index contributed by atoms with van der Waals surface area (Å²) in [4.78, 5) is 48.1. The lowest BCUT2D eigenvalue weighted by Crippen LogP contribution is -2.55. The molecular formula is C33H36ClN3O6. The fraction of sp³-hybridized carbons (Fsp3) is 0.424. The minimum absolute atomic E-state index is 0.0262. The Morgan fingerprint density at radius 2 is 1.77 bits per heavy atom. The van der Waals surface area contributed by atoms with Crippen molar-refractivity contribution in [2.45, 2.75) is 44.4 Å². The molecule has 3 amide bonds.